The van der Waals surface area contributed by atoms with Gasteiger partial charge in [-0.15, -0.1) is 0 Å². The van der Waals surface area contributed by atoms with Gasteiger partial charge in [0.15, 0.2) is 11.6 Å². The molecule has 0 saturated carbocycles. The molecule has 0 saturated heterocycles. The average molecular weight is 444 g/mol. The van der Waals surface area contributed by atoms with E-state index in [1.54, 1.807) is 42.5 Å². The zero-order valence-electron chi connectivity index (χ0n) is 17.9. The van der Waals surface area contributed by atoms with Crippen LogP contribution in [0.1, 0.15) is 31.8 Å². The van der Waals surface area contributed by atoms with Crippen LogP contribution in [0.2, 0.25) is 0 Å². The van der Waals surface area contributed by atoms with Crippen molar-refractivity contribution in [1.82, 2.24) is 0 Å². The van der Waals surface area contributed by atoms with Gasteiger partial charge in [-0.2, -0.15) is 0 Å². The Kier molecular flexibility index (Phi) is 9.80. The number of benzene rings is 2. The first kappa shape index (κ1) is 24.0. The molecule has 32 heavy (non-hydrogen) atoms. The Bertz CT molecular complexity index is 895. The molecule has 172 valence electrons. The summed E-state index contributed by atoms with van der Waals surface area (Å²) in [7, 11) is 0. The van der Waals surface area contributed by atoms with E-state index >= 15 is 0 Å². The highest BCUT2D eigenvalue weighted by Gasteiger charge is 2.29. The Morgan fingerprint density at radius 1 is 0.562 bits per heavy atom. The van der Waals surface area contributed by atoms with E-state index in [9.17, 15) is 9.59 Å². The van der Waals surface area contributed by atoms with Crippen molar-refractivity contribution < 1.29 is 38.4 Å². The van der Waals surface area contributed by atoms with Crippen LogP contribution in [-0.2, 0) is 18.9 Å². The summed E-state index contributed by atoms with van der Waals surface area (Å²) in [6, 6.07) is 11.8. The van der Waals surface area contributed by atoms with Gasteiger partial charge in [-0.1, -0.05) is 24.3 Å². The van der Waals surface area contributed by atoms with Crippen LogP contribution < -0.4 is 4.74 Å². The number of hydrogen-bond acceptors (Lipinski definition) is 8. The molecular formula is C24H28O8. The largest absolute Gasteiger partial charge is 0.491 e. The molecule has 1 aliphatic rings. The highest BCUT2D eigenvalue weighted by atomic mass is 16.6. The number of aliphatic hydroxyl groups excluding tert-OH is 1. The fourth-order valence-corrected chi connectivity index (χ4v) is 3.21. The van der Waals surface area contributed by atoms with Crippen molar-refractivity contribution in [3.8, 4) is 5.75 Å². The van der Waals surface area contributed by atoms with Crippen molar-refractivity contribution in [3.05, 3.63) is 64.7 Å². The Labute approximate surface area is 187 Å². The van der Waals surface area contributed by atoms with E-state index in [1.165, 1.54) is 0 Å². The predicted molar refractivity (Wildman–Crippen MR) is 116 cm³/mol. The van der Waals surface area contributed by atoms with E-state index < -0.39 is 0 Å². The molecule has 0 unspecified atom stereocenters. The maximum atomic E-state index is 12.7. The van der Waals surface area contributed by atoms with Crippen LogP contribution in [0.3, 0.4) is 0 Å². The predicted octanol–water partition coefficient (Wildman–Crippen LogP) is 1.90. The van der Waals surface area contributed by atoms with Gasteiger partial charge in [-0.25, -0.2) is 0 Å². The molecule has 0 radical (unpaired) electrons. The molecule has 0 aliphatic heterocycles. The highest BCUT2D eigenvalue weighted by molar-refractivity contribution is 6.28. The molecule has 0 fully saturated rings. The van der Waals surface area contributed by atoms with E-state index in [1.807, 2.05) is 0 Å². The van der Waals surface area contributed by atoms with E-state index in [-0.39, 0.29) is 18.2 Å². The Morgan fingerprint density at radius 3 is 1.59 bits per heavy atom. The summed E-state index contributed by atoms with van der Waals surface area (Å²) in [5.41, 5.74) is 1.62. The molecular weight excluding hydrogens is 416 g/mol. The van der Waals surface area contributed by atoms with Crippen molar-refractivity contribution in [2.24, 2.45) is 0 Å². The third-order valence-electron chi connectivity index (χ3n) is 4.74. The number of hydrogen-bond donors (Lipinski definition) is 1. The zero-order valence-corrected chi connectivity index (χ0v) is 17.9. The third-order valence-corrected chi connectivity index (χ3v) is 4.74. The Hall–Kier alpha value is -2.62. The number of fused-ring (bicyclic) bond motifs is 2. The minimum atomic E-state index is -0.171. The summed E-state index contributed by atoms with van der Waals surface area (Å²) in [5.74, 6) is 0.200. The normalized spacial score (nSPS) is 12.5. The SMILES string of the molecule is O=C1c2ccccc2C(=O)c2cc(OCCOCCOCCOCCOCCO)ccc21. The standard InChI is InChI=1S/C24H28O8/c25-7-8-28-9-10-29-11-12-30-13-14-31-15-16-32-18-5-6-21-22(17-18)24(27)20-4-2-1-3-19(20)23(21)26/h1-6,17,25H,7-16H2. The summed E-state index contributed by atoms with van der Waals surface area (Å²) in [6.45, 7) is 3.73. The quantitative estimate of drug-likeness (QED) is 0.355. The van der Waals surface area contributed by atoms with Gasteiger partial charge in [-0.3, -0.25) is 9.59 Å². The van der Waals surface area contributed by atoms with Crippen molar-refractivity contribution in [2.45, 2.75) is 0 Å². The van der Waals surface area contributed by atoms with Gasteiger partial charge in [0.1, 0.15) is 12.4 Å². The fourth-order valence-electron chi connectivity index (χ4n) is 3.21. The van der Waals surface area contributed by atoms with Crippen LogP contribution in [0, 0.1) is 0 Å². The monoisotopic (exact) mass is 444 g/mol. The molecule has 2 aromatic rings. The summed E-state index contributed by atoms with van der Waals surface area (Å²) in [5, 5.41) is 8.56. The molecule has 1 aliphatic carbocycles. The average Bonchev–Trinajstić information content (AvgIpc) is 2.82. The van der Waals surface area contributed by atoms with Crippen LogP contribution in [0.5, 0.6) is 5.75 Å². The smallest absolute Gasteiger partial charge is 0.194 e. The molecule has 8 nitrogen and oxygen atoms in total. The number of aliphatic hydroxyl groups is 1. The van der Waals surface area contributed by atoms with Crippen molar-refractivity contribution in [1.29, 1.82) is 0 Å². The van der Waals surface area contributed by atoms with Crippen LogP contribution in [0.25, 0.3) is 0 Å². The molecule has 0 spiro atoms. The van der Waals surface area contributed by atoms with Crippen molar-refractivity contribution in [2.75, 3.05) is 66.1 Å². The van der Waals surface area contributed by atoms with Gasteiger partial charge in [0.05, 0.1) is 59.5 Å². The number of carbonyl (C=O) groups excluding carboxylic acids is 2. The van der Waals surface area contributed by atoms with Gasteiger partial charge >= 0.3 is 0 Å². The second kappa shape index (κ2) is 13.0. The topological polar surface area (TPSA) is 101 Å². The number of ketones is 2. The molecule has 0 heterocycles. The lowest BCUT2D eigenvalue weighted by atomic mass is 9.84. The van der Waals surface area contributed by atoms with Crippen molar-refractivity contribution in [3.63, 3.8) is 0 Å². The second-order valence-corrected chi connectivity index (χ2v) is 6.93. The first-order valence-electron chi connectivity index (χ1n) is 10.6. The first-order valence-corrected chi connectivity index (χ1v) is 10.6. The summed E-state index contributed by atoms with van der Waals surface area (Å²) < 4.78 is 26.9. The molecule has 3 rings (SSSR count). The van der Waals surface area contributed by atoms with Crippen LogP contribution in [0.15, 0.2) is 42.5 Å². The number of rotatable bonds is 15. The fraction of sp³-hybridized carbons (Fsp3) is 0.417. The minimum Gasteiger partial charge on any atom is -0.491 e. The molecule has 1 N–H and O–H groups in total. The molecule has 2 aromatic carbocycles. The molecule has 0 aromatic heterocycles. The second-order valence-electron chi connectivity index (χ2n) is 6.93. The van der Waals surface area contributed by atoms with E-state index in [2.05, 4.69) is 0 Å². The van der Waals surface area contributed by atoms with E-state index in [0.29, 0.717) is 87.5 Å². The van der Waals surface area contributed by atoms with E-state index in [4.69, 9.17) is 28.8 Å². The molecule has 8 heteroatoms. The van der Waals surface area contributed by atoms with Gasteiger partial charge in [0.25, 0.3) is 0 Å². The maximum absolute atomic E-state index is 12.7. The molecule has 0 amide bonds. The lowest BCUT2D eigenvalue weighted by Crippen LogP contribution is -2.21. The summed E-state index contributed by atoms with van der Waals surface area (Å²) >= 11 is 0. The Balaban J connectivity index is 1.29. The lowest BCUT2D eigenvalue weighted by molar-refractivity contribution is -0.00779. The van der Waals surface area contributed by atoms with Crippen LogP contribution in [0.4, 0.5) is 0 Å². The maximum Gasteiger partial charge on any atom is 0.194 e. The Morgan fingerprint density at radius 2 is 1.03 bits per heavy atom. The summed E-state index contributed by atoms with van der Waals surface area (Å²) in [6.07, 6.45) is 0. The van der Waals surface area contributed by atoms with Crippen molar-refractivity contribution >= 4 is 11.6 Å². The zero-order chi connectivity index (χ0) is 22.6. The summed E-state index contributed by atoms with van der Waals surface area (Å²) in [4.78, 5) is 25.4. The molecule has 0 bridgehead atoms. The van der Waals surface area contributed by atoms with Gasteiger partial charge in [0, 0.05) is 22.3 Å². The van der Waals surface area contributed by atoms with Gasteiger partial charge < -0.3 is 28.8 Å². The van der Waals surface area contributed by atoms with Crippen LogP contribution >= 0.6 is 0 Å². The van der Waals surface area contributed by atoms with Gasteiger partial charge in [-0.05, 0) is 18.2 Å². The molecule has 0 atom stereocenters. The first-order chi connectivity index (χ1) is 15.7. The highest BCUT2D eigenvalue weighted by Crippen LogP contribution is 2.29. The number of carbonyl (C=O) groups is 2. The van der Waals surface area contributed by atoms with Gasteiger partial charge in [0.2, 0.25) is 0 Å². The van der Waals surface area contributed by atoms with E-state index in [0.717, 1.165) is 0 Å². The van der Waals surface area contributed by atoms with Crippen LogP contribution in [-0.4, -0.2) is 82.7 Å². The minimum absolute atomic E-state index is 0.0111. The number of ether oxygens (including phenoxy) is 5. The third kappa shape index (κ3) is 6.69. The lowest BCUT2D eigenvalue weighted by Gasteiger charge is -2.18.